The van der Waals surface area contributed by atoms with Gasteiger partial charge in [-0.05, 0) is 25.5 Å². The molecule has 1 amide bonds. The summed E-state index contributed by atoms with van der Waals surface area (Å²) in [5.41, 5.74) is 6.60. The molecular weight excluding hydrogens is 282 g/mol. The maximum Gasteiger partial charge on any atom is 0.242 e. The molecule has 21 heavy (non-hydrogen) atoms. The van der Waals surface area contributed by atoms with Crippen molar-refractivity contribution in [3.05, 3.63) is 30.3 Å². The van der Waals surface area contributed by atoms with E-state index >= 15 is 0 Å². The van der Waals surface area contributed by atoms with Crippen LogP contribution in [0, 0.1) is 0 Å². The minimum Gasteiger partial charge on any atom is -0.393 e. The Balaban J connectivity index is 2.75. The Labute approximate surface area is 132 Å². The summed E-state index contributed by atoms with van der Waals surface area (Å²) in [6.45, 7) is 5.38. The average Bonchev–Trinajstić information content (AvgIpc) is 2.48. The van der Waals surface area contributed by atoms with Crippen LogP contribution >= 0.6 is 12.2 Å². The van der Waals surface area contributed by atoms with E-state index in [1.165, 1.54) is 0 Å². The van der Waals surface area contributed by atoms with Crippen molar-refractivity contribution in [2.45, 2.75) is 39.2 Å². The molecule has 0 saturated heterocycles. The van der Waals surface area contributed by atoms with Crippen molar-refractivity contribution in [1.29, 1.82) is 0 Å². The number of nitrogens with zero attached hydrogens (tertiary/aromatic N) is 1. The van der Waals surface area contributed by atoms with Crippen molar-refractivity contribution in [3.63, 3.8) is 0 Å². The molecule has 0 aliphatic carbocycles. The molecule has 0 fully saturated rings. The van der Waals surface area contributed by atoms with Crippen LogP contribution in [0.5, 0.6) is 0 Å². The van der Waals surface area contributed by atoms with Gasteiger partial charge in [0.05, 0.1) is 4.99 Å². The van der Waals surface area contributed by atoms with Gasteiger partial charge in [-0.1, -0.05) is 43.8 Å². The molecule has 0 spiro atoms. The molecule has 0 saturated carbocycles. The third-order valence-electron chi connectivity index (χ3n) is 3.36. The van der Waals surface area contributed by atoms with Gasteiger partial charge in [-0.25, -0.2) is 0 Å². The van der Waals surface area contributed by atoms with Crippen LogP contribution in [-0.4, -0.2) is 30.0 Å². The first-order chi connectivity index (χ1) is 10.1. The highest BCUT2D eigenvalue weighted by atomic mass is 32.1. The van der Waals surface area contributed by atoms with Gasteiger partial charge in [0.2, 0.25) is 5.91 Å². The summed E-state index contributed by atoms with van der Waals surface area (Å²) in [6, 6.07) is 9.63. The summed E-state index contributed by atoms with van der Waals surface area (Å²) in [4.78, 5) is 14.8. The van der Waals surface area contributed by atoms with Gasteiger partial charge in [-0.15, -0.1) is 0 Å². The predicted octanol–water partition coefficient (Wildman–Crippen LogP) is 2.47. The van der Waals surface area contributed by atoms with Gasteiger partial charge in [0.1, 0.15) is 6.04 Å². The molecule has 4 nitrogen and oxygen atoms in total. The third-order valence-corrected chi connectivity index (χ3v) is 3.57. The van der Waals surface area contributed by atoms with Gasteiger partial charge in [-0.3, -0.25) is 4.79 Å². The van der Waals surface area contributed by atoms with E-state index in [1.54, 1.807) is 0 Å². The number of hydrogen-bond acceptors (Lipinski definition) is 3. The summed E-state index contributed by atoms with van der Waals surface area (Å²) in [7, 11) is 0. The maximum atomic E-state index is 12.3. The maximum absolute atomic E-state index is 12.3. The normalized spacial score (nSPS) is 11.7. The molecule has 1 aromatic carbocycles. The van der Waals surface area contributed by atoms with E-state index in [1.807, 2.05) is 42.2 Å². The lowest BCUT2D eigenvalue weighted by Crippen LogP contribution is -2.46. The number of nitrogens with two attached hydrogens (primary N) is 1. The lowest BCUT2D eigenvalue weighted by atomic mass is 10.2. The van der Waals surface area contributed by atoms with E-state index in [2.05, 4.69) is 12.2 Å². The second kappa shape index (κ2) is 9.34. The Bertz CT molecular complexity index is 450. The van der Waals surface area contributed by atoms with Crippen LogP contribution in [0.15, 0.2) is 30.3 Å². The molecule has 1 atom stereocenters. The molecule has 0 aliphatic rings. The number of anilines is 1. The number of rotatable bonds is 9. The predicted molar refractivity (Wildman–Crippen MR) is 92.6 cm³/mol. The first kappa shape index (κ1) is 17.4. The fraction of sp³-hybridized carbons (Fsp3) is 0.500. The Morgan fingerprint density at radius 2 is 2.05 bits per heavy atom. The van der Waals surface area contributed by atoms with Crippen molar-refractivity contribution in [2.75, 3.05) is 18.0 Å². The number of hydrogen-bond donors (Lipinski definition) is 2. The first-order valence-corrected chi connectivity index (χ1v) is 7.84. The van der Waals surface area contributed by atoms with Gasteiger partial charge in [0, 0.05) is 25.2 Å². The van der Waals surface area contributed by atoms with Crippen LogP contribution in [0.4, 0.5) is 5.69 Å². The van der Waals surface area contributed by atoms with E-state index < -0.39 is 0 Å². The van der Waals surface area contributed by atoms with Crippen LogP contribution in [0.25, 0.3) is 0 Å². The molecule has 5 heteroatoms. The summed E-state index contributed by atoms with van der Waals surface area (Å²) in [6.07, 6.45) is 2.66. The lowest BCUT2D eigenvalue weighted by Gasteiger charge is -2.30. The molecule has 3 N–H and O–H groups in total. The van der Waals surface area contributed by atoms with Gasteiger partial charge in [-0.2, -0.15) is 0 Å². The topological polar surface area (TPSA) is 58.4 Å². The lowest BCUT2D eigenvalue weighted by molar-refractivity contribution is -0.122. The number of amides is 1. The minimum absolute atomic E-state index is 0.0373. The number of nitrogens with one attached hydrogen (secondary N) is 1. The van der Waals surface area contributed by atoms with E-state index in [-0.39, 0.29) is 11.9 Å². The number of unbranched alkanes of at least 4 members (excludes halogenated alkanes) is 1. The fourth-order valence-electron chi connectivity index (χ4n) is 2.07. The molecule has 116 valence electrons. The quantitative estimate of drug-likeness (QED) is 0.543. The average molecular weight is 307 g/mol. The highest BCUT2D eigenvalue weighted by Gasteiger charge is 2.21. The van der Waals surface area contributed by atoms with E-state index in [0.717, 1.165) is 25.1 Å². The Hall–Kier alpha value is -1.62. The summed E-state index contributed by atoms with van der Waals surface area (Å²) >= 11 is 4.95. The number of carbonyl (C=O) groups excluding carboxylic acids is 1. The largest absolute Gasteiger partial charge is 0.393 e. The summed E-state index contributed by atoms with van der Waals surface area (Å²) in [5, 5.41) is 2.98. The Morgan fingerprint density at radius 3 is 2.62 bits per heavy atom. The van der Waals surface area contributed by atoms with Gasteiger partial charge < -0.3 is 16.0 Å². The zero-order valence-corrected chi connectivity index (χ0v) is 13.7. The summed E-state index contributed by atoms with van der Waals surface area (Å²) in [5.74, 6) is 0.0373. The van der Waals surface area contributed by atoms with Gasteiger partial charge >= 0.3 is 0 Å². The van der Waals surface area contributed by atoms with E-state index in [0.29, 0.717) is 18.0 Å². The highest BCUT2D eigenvalue weighted by molar-refractivity contribution is 7.80. The van der Waals surface area contributed by atoms with Crippen LogP contribution in [0.1, 0.15) is 33.1 Å². The van der Waals surface area contributed by atoms with Crippen molar-refractivity contribution >= 4 is 28.8 Å². The highest BCUT2D eigenvalue weighted by Crippen LogP contribution is 2.17. The summed E-state index contributed by atoms with van der Waals surface area (Å²) < 4.78 is 0. The molecule has 0 aliphatic heterocycles. The molecule has 0 aromatic heterocycles. The number of carbonyl (C=O) groups is 1. The van der Waals surface area contributed by atoms with Crippen molar-refractivity contribution in [2.24, 2.45) is 5.73 Å². The van der Waals surface area contributed by atoms with Crippen LogP contribution in [-0.2, 0) is 4.79 Å². The van der Waals surface area contributed by atoms with Crippen molar-refractivity contribution < 1.29 is 4.79 Å². The molecular formula is C16H25N3OS. The molecule has 0 bridgehead atoms. The molecule has 0 radical (unpaired) electrons. The third kappa shape index (κ3) is 6.12. The first-order valence-electron chi connectivity index (χ1n) is 7.44. The van der Waals surface area contributed by atoms with E-state index in [9.17, 15) is 4.79 Å². The molecule has 1 unspecified atom stereocenters. The standard InChI is InChI=1S/C16H25N3OS/c1-3-4-11-18-16(20)13(2)19(12-10-15(17)21)14-8-6-5-7-9-14/h5-9,13H,3-4,10-12H2,1-2H3,(H2,17,21)(H,18,20). The Morgan fingerprint density at radius 1 is 1.38 bits per heavy atom. The SMILES string of the molecule is CCCCNC(=O)C(C)N(CCC(N)=S)c1ccccc1. The van der Waals surface area contributed by atoms with E-state index in [4.69, 9.17) is 18.0 Å². The number of thiocarbonyl (C=S) groups is 1. The van der Waals surface area contributed by atoms with Crippen molar-refractivity contribution in [1.82, 2.24) is 5.32 Å². The molecule has 1 aromatic rings. The molecule has 1 rings (SSSR count). The van der Waals surface area contributed by atoms with Crippen molar-refractivity contribution in [3.8, 4) is 0 Å². The van der Waals surface area contributed by atoms with Crippen LogP contribution < -0.4 is 16.0 Å². The number of para-hydroxylation sites is 1. The number of benzene rings is 1. The zero-order valence-electron chi connectivity index (χ0n) is 12.8. The van der Waals surface area contributed by atoms with Gasteiger partial charge in [0.25, 0.3) is 0 Å². The second-order valence-electron chi connectivity index (χ2n) is 5.07. The second-order valence-corrected chi connectivity index (χ2v) is 5.59. The zero-order chi connectivity index (χ0) is 15.7. The van der Waals surface area contributed by atoms with Gasteiger partial charge in [0.15, 0.2) is 0 Å². The monoisotopic (exact) mass is 307 g/mol. The van der Waals surface area contributed by atoms with Crippen LogP contribution in [0.3, 0.4) is 0 Å². The molecule has 0 heterocycles. The fourth-order valence-corrected chi connectivity index (χ4v) is 2.17. The smallest absolute Gasteiger partial charge is 0.242 e. The minimum atomic E-state index is -0.251. The Kier molecular flexibility index (Phi) is 7.75. The van der Waals surface area contributed by atoms with Crippen LogP contribution in [0.2, 0.25) is 0 Å².